The van der Waals surface area contributed by atoms with Crippen molar-refractivity contribution in [1.82, 2.24) is 9.55 Å². The van der Waals surface area contributed by atoms with E-state index < -0.39 is 0 Å². The van der Waals surface area contributed by atoms with Crippen molar-refractivity contribution in [2.75, 3.05) is 10.9 Å². The Morgan fingerprint density at radius 1 is 1.14 bits per heavy atom. The third-order valence-corrected chi connectivity index (χ3v) is 3.64. The molecule has 2 aromatic carbocycles. The normalized spacial score (nSPS) is 10.8. The predicted octanol–water partition coefficient (Wildman–Crippen LogP) is 3.27. The first kappa shape index (κ1) is 13.6. The van der Waals surface area contributed by atoms with Crippen LogP contribution in [0, 0.1) is 0 Å². The molecule has 0 spiro atoms. The first-order valence-corrected chi connectivity index (χ1v) is 7.08. The molecule has 0 radical (unpaired) electrons. The largest absolute Gasteiger partial charge is 0.327 e. The fourth-order valence-corrected chi connectivity index (χ4v) is 2.54. The van der Waals surface area contributed by atoms with Crippen LogP contribution in [0.25, 0.3) is 10.9 Å². The second-order valence-corrected chi connectivity index (χ2v) is 4.98. The van der Waals surface area contributed by atoms with Crippen molar-refractivity contribution >= 4 is 33.9 Å². The molecule has 1 heterocycles. The lowest BCUT2D eigenvalue weighted by molar-refractivity contribution is 0.843. The summed E-state index contributed by atoms with van der Waals surface area (Å²) in [5.74, 6) is 0. The summed E-state index contributed by atoms with van der Waals surface area (Å²) < 4.78 is 1.47. The number of halogens is 1. The summed E-state index contributed by atoms with van der Waals surface area (Å²) in [7, 11) is 1.69. The van der Waals surface area contributed by atoms with Crippen molar-refractivity contribution in [3.63, 3.8) is 0 Å². The van der Waals surface area contributed by atoms with Crippen LogP contribution in [0.4, 0.5) is 11.4 Å². The Balaban J connectivity index is 2.16. The van der Waals surface area contributed by atoms with E-state index in [1.54, 1.807) is 7.05 Å². The van der Waals surface area contributed by atoms with Crippen molar-refractivity contribution in [2.45, 2.75) is 0 Å². The van der Waals surface area contributed by atoms with Crippen LogP contribution in [0.1, 0.15) is 0 Å². The monoisotopic (exact) mass is 299 g/mol. The summed E-state index contributed by atoms with van der Waals surface area (Å²) in [6.07, 6.45) is 1.53. The van der Waals surface area contributed by atoms with Crippen LogP contribution in [0.3, 0.4) is 0 Å². The van der Waals surface area contributed by atoms with Gasteiger partial charge in [-0.25, -0.2) is 4.98 Å². The SMILES string of the molecule is Cn1cnc2ccc(N(CCl)c3ccccc3)cc2c1=O. The second kappa shape index (κ2) is 5.58. The van der Waals surface area contributed by atoms with E-state index >= 15 is 0 Å². The highest BCUT2D eigenvalue weighted by atomic mass is 35.5. The highest BCUT2D eigenvalue weighted by molar-refractivity contribution is 6.19. The lowest BCUT2D eigenvalue weighted by Crippen LogP contribution is -2.18. The van der Waals surface area contributed by atoms with Crippen molar-refractivity contribution in [1.29, 1.82) is 0 Å². The molecule has 3 aromatic rings. The van der Waals surface area contributed by atoms with Gasteiger partial charge in [0.05, 0.1) is 23.2 Å². The molecule has 106 valence electrons. The highest BCUT2D eigenvalue weighted by Gasteiger charge is 2.10. The highest BCUT2D eigenvalue weighted by Crippen LogP contribution is 2.27. The molecule has 3 rings (SSSR count). The third-order valence-electron chi connectivity index (χ3n) is 3.40. The maximum absolute atomic E-state index is 12.2. The number of benzene rings is 2. The van der Waals surface area contributed by atoms with Crippen molar-refractivity contribution in [3.8, 4) is 0 Å². The zero-order chi connectivity index (χ0) is 14.8. The Hall–Kier alpha value is -2.33. The number of fused-ring (bicyclic) bond motifs is 1. The molecular formula is C16H14ClN3O. The third kappa shape index (κ3) is 2.50. The molecule has 0 aliphatic rings. The van der Waals surface area contributed by atoms with Crippen LogP contribution in [-0.4, -0.2) is 15.6 Å². The Morgan fingerprint density at radius 3 is 2.62 bits per heavy atom. The molecule has 0 fully saturated rings. The number of nitrogens with zero attached hydrogens (tertiary/aromatic N) is 3. The van der Waals surface area contributed by atoms with E-state index in [2.05, 4.69) is 4.98 Å². The van der Waals surface area contributed by atoms with Gasteiger partial charge in [0.2, 0.25) is 0 Å². The predicted molar refractivity (Wildman–Crippen MR) is 86.3 cm³/mol. The summed E-state index contributed by atoms with van der Waals surface area (Å²) in [6.45, 7) is 0. The topological polar surface area (TPSA) is 38.1 Å². The molecule has 0 saturated heterocycles. The van der Waals surface area contributed by atoms with Crippen LogP contribution in [0.5, 0.6) is 0 Å². The smallest absolute Gasteiger partial charge is 0.260 e. The quantitative estimate of drug-likeness (QED) is 0.550. The molecule has 4 nitrogen and oxygen atoms in total. The van der Waals surface area contributed by atoms with Crippen LogP contribution in [0.15, 0.2) is 59.7 Å². The van der Waals surface area contributed by atoms with Crippen LogP contribution >= 0.6 is 11.6 Å². The molecule has 21 heavy (non-hydrogen) atoms. The molecule has 0 atom stereocenters. The van der Waals surface area contributed by atoms with E-state index in [0.717, 1.165) is 11.4 Å². The Morgan fingerprint density at radius 2 is 1.90 bits per heavy atom. The van der Waals surface area contributed by atoms with E-state index in [9.17, 15) is 4.79 Å². The number of alkyl halides is 1. The lowest BCUT2D eigenvalue weighted by Gasteiger charge is -2.22. The summed E-state index contributed by atoms with van der Waals surface area (Å²) in [5.41, 5.74) is 2.47. The molecule has 0 aliphatic carbocycles. The first-order chi connectivity index (χ1) is 10.2. The molecule has 0 N–H and O–H groups in total. The van der Waals surface area contributed by atoms with Gasteiger partial charge in [0.1, 0.15) is 0 Å². The zero-order valence-corrected chi connectivity index (χ0v) is 12.3. The van der Waals surface area contributed by atoms with Gasteiger partial charge in [0.15, 0.2) is 0 Å². The van der Waals surface area contributed by atoms with Crippen LogP contribution in [-0.2, 0) is 7.05 Å². The molecule has 5 heteroatoms. The number of hydrogen-bond acceptors (Lipinski definition) is 3. The molecule has 0 unspecified atom stereocenters. The first-order valence-electron chi connectivity index (χ1n) is 6.54. The van der Waals surface area contributed by atoms with Crippen LogP contribution < -0.4 is 10.5 Å². The van der Waals surface area contributed by atoms with Crippen LogP contribution in [0.2, 0.25) is 0 Å². The molecule has 0 bridgehead atoms. The van der Waals surface area contributed by atoms with Gasteiger partial charge in [0.25, 0.3) is 5.56 Å². The molecule has 1 aromatic heterocycles. The minimum atomic E-state index is -0.0653. The molecular weight excluding hydrogens is 286 g/mol. The zero-order valence-electron chi connectivity index (χ0n) is 11.5. The summed E-state index contributed by atoms with van der Waals surface area (Å²) in [5, 5.41) is 0.587. The van der Waals surface area contributed by atoms with Gasteiger partial charge in [-0.2, -0.15) is 0 Å². The molecule has 0 saturated carbocycles. The van der Waals surface area contributed by atoms with Crippen molar-refractivity contribution in [2.24, 2.45) is 7.05 Å². The number of anilines is 2. The number of aromatic nitrogens is 2. The Labute approximate surface area is 127 Å². The molecule has 0 amide bonds. The summed E-state index contributed by atoms with van der Waals surface area (Å²) in [6, 6.07) is 15.7. The van der Waals surface area contributed by atoms with Gasteiger partial charge in [-0.1, -0.05) is 18.2 Å². The number of hydrogen-bond donors (Lipinski definition) is 0. The van der Waals surface area contributed by atoms with Gasteiger partial charge in [-0.05, 0) is 30.3 Å². The maximum Gasteiger partial charge on any atom is 0.260 e. The number of rotatable bonds is 3. The van der Waals surface area contributed by atoms with E-state index in [1.807, 2.05) is 53.4 Å². The Bertz CT molecular complexity index is 830. The minimum absolute atomic E-state index is 0.0653. The maximum atomic E-state index is 12.2. The Kier molecular flexibility index (Phi) is 3.62. The molecule has 0 aliphatic heterocycles. The van der Waals surface area contributed by atoms with E-state index in [1.165, 1.54) is 10.9 Å². The standard InChI is InChI=1S/C16H14ClN3O/c1-19-11-18-15-8-7-13(9-14(15)16(19)21)20(10-17)12-5-3-2-4-6-12/h2-9,11H,10H2,1H3. The van der Waals surface area contributed by atoms with Gasteiger partial charge >= 0.3 is 0 Å². The van der Waals surface area contributed by atoms with E-state index in [-0.39, 0.29) is 5.56 Å². The summed E-state index contributed by atoms with van der Waals surface area (Å²) in [4.78, 5) is 18.4. The van der Waals surface area contributed by atoms with Crippen molar-refractivity contribution < 1.29 is 0 Å². The van der Waals surface area contributed by atoms with Crippen molar-refractivity contribution in [3.05, 3.63) is 65.2 Å². The fourth-order valence-electron chi connectivity index (χ4n) is 2.26. The minimum Gasteiger partial charge on any atom is -0.327 e. The van der Waals surface area contributed by atoms with Gasteiger partial charge in [-0.3, -0.25) is 4.79 Å². The number of aryl methyl sites for hydroxylation is 1. The van der Waals surface area contributed by atoms with Gasteiger partial charge < -0.3 is 9.47 Å². The fraction of sp³-hybridized carbons (Fsp3) is 0.125. The summed E-state index contributed by atoms with van der Waals surface area (Å²) >= 11 is 6.09. The average Bonchev–Trinajstić information content (AvgIpc) is 2.53. The van der Waals surface area contributed by atoms with E-state index in [0.29, 0.717) is 16.9 Å². The second-order valence-electron chi connectivity index (χ2n) is 4.75. The average molecular weight is 300 g/mol. The number of para-hydroxylation sites is 1. The van der Waals surface area contributed by atoms with Gasteiger partial charge in [0, 0.05) is 18.4 Å². The van der Waals surface area contributed by atoms with Gasteiger partial charge in [-0.15, -0.1) is 11.6 Å². The van der Waals surface area contributed by atoms with E-state index in [4.69, 9.17) is 11.6 Å². The lowest BCUT2D eigenvalue weighted by atomic mass is 10.2.